The lowest BCUT2D eigenvalue weighted by molar-refractivity contribution is 0.0961. The first-order valence-electron chi connectivity index (χ1n) is 10.2. The van der Waals surface area contributed by atoms with Crippen LogP contribution in [0.4, 0.5) is 15.8 Å². The van der Waals surface area contributed by atoms with Gasteiger partial charge in [-0.1, -0.05) is 18.2 Å². The number of ether oxygens (including phenoxy) is 1. The Labute approximate surface area is 181 Å². The zero-order valence-electron chi connectivity index (χ0n) is 17.9. The summed E-state index contributed by atoms with van der Waals surface area (Å²) in [4.78, 5) is 18.4. The van der Waals surface area contributed by atoms with Gasteiger partial charge in [-0.15, -0.1) is 0 Å². The van der Waals surface area contributed by atoms with Crippen LogP contribution in [0.1, 0.15) is 17.0 Å². The fraction of sp³-hybridized carbons (Fsp3) is 0.292. The minimum atomic E-state index is -0.385. The molecule has 0 aliphatic carbocycles. The van der Waals surface area contributed by atoms with Crippen LogP contribution in [0, 0.1) is 5.82 Å². The molecule has 1 saturated heterocycles. The van der Waals surface area contributed by atoms with E-state index >= 15 is 0 Å². The Bertz CT molecular complexity index is 1050. The molecule has 2 aromatic carbocycles. The molecule has 1 unspecified atom stereocenters. The quantitative estimate of drug-likeness (QED) is 0.579. The molecule has 6 nitrogen and oxygen atoms in total. The number of carbonyl (C=O) groups is 1. The molecule has 1 atom stereocenters. The van der Waals surface area contributed by atoms with E-state index in [1.54, 1.807) is 43.4 Å². The van der Waals surface area contributed by atoms with E-state index in [1.807, 2.05) is 37.2 Å². The molecule has 1 aliphatic heterocycles. The summed E-state index contributed by atoms with van der Waals surface area (Å²) in [5, 5.41) is 0. The van der Waals surface area contributed by atoms with Crippen LogP contribution in [0.15, 0.2) is 65.1 Å². The third-order valence-corrected chi connectivity index (χ3v) is 5.61. The molecular weight excluding hydrogens is 397 g/mol. The first-order chi connectivity index (χ1) is 14.9. The Morgan fingerprint density at radius 3 is 2.55 bits per heavy atom. The normalized spacial score (nSPS) is 16.0. The van der Waals surface area contributed by atoms with Gasteiger partial charge in [0, 0.05) is 37.9 Å². The van der Waals surface area contributed by atoms with Crippen molar-refractivity contribution in [3.63, 3.8) is 0 Å². The van der Waals surface area contributed by atoms with Gasteiger partial charge < -0.3 is 23.9 Å². The van der Waals surface area contributed by atoms with Crippen molar-refractivity contribution < 1.29 is 18.3 Å². The second-order valence-electron chi connectivity index (χ2n) is 7.89. The second-order valence-corrected chi connectivity index (χ2v) is 7.89. The number of likely N-dealkylation sites (N-methyl/N-ethyl adjacent to an activating group) is 1. The molecule has 0 N–H and O–H groups in total. The SMILES string of the molecule is CN(C(=O)c1ccc(Oc2ccccc2)o1)c1ccc(N2CCC(N(C)C)C2)c(F)c1. The monoisotopic (exact) mass is 423 g/mol. The lowest BCUT2D eigenvalue weighted by Crippen LogP contribution is -2.31. The van der Waals surface area contributed by atoms with E-state index in [9.17, 15) is 9.18 Å². The molecule has 31 heavy (non-hydrogen) atoms. The highest BCUT2D eigenvalue weighted by Gasteiger charge is 2.26. The third kappa shape index (κ3) is 4.56. The summed E-state index contributed by atoms with van der Waals surface area (Å²) in [6.07, 6.45) is 0.998. The molecule has 1 aliphatic rings. The maximum Gasteiger partial charge on any atom is 0.293 e. The van der Waals surface area contributed by atoms with Crippen LogP contribution < -0.4 is 14.5 Å². The molecule has 0 saturated carbocycles. The molecular formula is C24H26FN3O3. The summed E-state index contributed by atoms with van der Waals surface area (Å²) < 4.78 is 26.0. The smallest absolute Gasteiger partial charge is 0.293 e. The van der Waals surface area contributed by atoms with Gasteiger partial charge in [0.05, 0.1) is 5.69 Å². The van der Waals surface area contributed by atoms with Crippen molar-refractivity contribution in [3.8, 4) is 11.7 Å². The first kappa shape index (κ1) is 20.9. The number of nitrogens with zero attached hydrogens (tertiary/aromatic N) is 3. The molecule has 3 aromatic rings. The Morgan fingerprint density at radius 1 is 1.10 bits per heavy atom. The fourth-order valence-electron chi connectivity index (χ4n) is 3.72. The van der Waals surface area contributed by atoms with Crippen LogP contribution in [0.2, 0.25) is 0 Å². The van der Waals surface area contributed by atoms with Crippen LogP contribution in [-0.2, 0) is 0 Å². The van der Waals surface area contributed by atoms with Crippen LogP contribution in [-0.4, -0.2) is 51.1 Å². The molecule has 0 spiro atoms. The summed E-state index contributed by atoms with van der Waals surface area (Å²) in [5.74, 6) is 0.216. The summed E-state index contributed by atoms with van der Waals surface area (Å²) in [5.41, 5.74) is 1.02. The molecule has 0 radical (unpaired) electrons. The topological polar surface area (TPSA) is 49.2 Å². The lowest BCUT2D eigenvalue weighted by atomic mass is 10.2. The van der Waals surface area contributed by atoms with E-state index in [4.69, 9.17) is 9.15 Å². The van der Waals surface area contributed by atoms with Gasteiger partial charge in [-0.25, -0.2) is 4.39 Å². The van der Waals surface area contributed by atoms with Crippen molar-refractivity contribution in [2.75, 3.05) is 44.0 Å². The Balaban J connectivity index is 1.45. The van der Waals surface area contributed by atoms with E-state index < -0.39 is 0 Å². The van der Waals surface area contributed by atoms with Gasteiger partial charge in [-0.05, 0) is 56.9 Å². The number of halogens is 1. The summed E-state index contributed by atoms with van der Waals surface area (Å²) in [6.45, 7) is 1.60. The maximum atomic E-state index is 14.9. The molecule has 162 valence electrons. The second kappa shape index (κ2) is 8.81. The highest BCUT2D eigenvalue weighted by atomic mass is 19.1. The van der Waals surface area contributed by atoms with Crippen molar-refractivity contribution >= 4 is 17.3 Å². The molecule has 2 heterocycles. The lowest BCUT2D eigenvalue weighted by Gasteiger charge is -2.23. The van der Waals surface area contributed by atoms with E-state index in [2.05, 4.69) is 4.90 Å². The van der Waals surface area contributed by atoms with Gasteiger partial charge >= 0.3 is 0 Å². The average Bonchev–Trinajstić information content (AvgIpc) is 3.43. The van der Waals surface area contributed by atoms with Crippen LogP contribution in [0.3, 0.4) is 0 Å². The minimum absolute atomic E-state index is 0.117. The Kier molecular flexibility index (Phi) is 5.95. The molecule has 0 bridgehead atoms. The molecule has 4 rings (SSSR count). The molecule has 1 aromatic heterocycles. The molecule has 7 heteroatoms. The molecule has 1 amide bonds. The summed E-state index contributed by atoms with van der Waals surface area (Å²) >= 11 is 0. The van der Waals surface area contributed by atoms with Crippen LogP contribution in [0.25, 0.3) is 0 Å². The number of amides is 1. The number of rotatable bonds is 6. The van der Waals surface area contributed by atoms with Gasteiger partial charge in [0.25, 0.3) is 11.9 Å². The zero-order chi connectivity index (χ0) is 22.0. The molecule has 1 fully saturated rings. The zero-order valence-corrected chi connectivity index (χ0v) is 17.9. The highest BCUT2D eigenvalue weighted by Crippen LogP contribution is 2.30. The number of hydrogen-bond acceptors (Lipinski definition) is 5. The average molecular weight is 423 g/mol. The summed E-state index contributed by atoms with van der Waals surface area (Å²) in [7, 11) is 5.67. The van der Waals surface area contributed by atoms with E-state index in [0.717, 1.165) is 19.5 Å². The van der Waals surface area contributed by atoms with Crippen molar-refractivity contribution in [2.24, 2.45) is 0 Å². The first-order valence-corrected chi connectivity index (χ1v) is 10.2. The largest absolute Gasteiger partial charge is 0.426 e. The number of hydrogen-bond donors (Lipinski definition) is 0. The van der Waals surface area contributed by atoms with Crippen molar-refractivity contribution in [1.82, 2.24) is 4.90 Å². The van der Waals surface area contributed by atoms with E-state index in [-0.39, 0.29) is 23.4 Å². The van der Waals surface area contributed by atoms with Gasteiger partial charge in [-0.2, -0.15) is 0 Å². The standard InChI is InChI=1S/C24H26FN3O3/c1-26(2)18-13-14-28(16-18)21-10-9-17(15-20(21)25)27(3)24(29)22-11-12-23(31-22)30-19-7-5-4-6-8-19/h4-12,15,18H,13-14,16H2,1-3H3. The van der Waals surface area contributed by atoms with E-state index in [0.29, 0.717) is 23.2 Å². The number of benzene rings is 2. The van der Waals surface area contributed by atoms with Gasteiger partial charge in [0.15, 0.2) is 5.76 Å². The minimum Gasteiger partial charge on any atom is -0.426 e. The van der Waals surface area contributed by atoms with Crippen molar-refractivity contribution in [1.29, 1.82) is 0 Å². The number of para-hydroxylation sites is 1. The van der Waals surface area contributed by atoms with Crippen LogP contribution in [0.5, 0.6) is 11.7 Å². The van der Waals surface area contributed by atoms with Gasteiger partial charge in [0.1, 0.15) is 11.6 Å². The van der Waals surface area contributed by atoms with Gasteiger partial charge in [-0.3, -0.25) is 4.79 Å². The third-order valence-electron chi connectivity index (χ3n) is 5.61. The number of furan rings is 1. The van der Waals surface area contributed by atoms with Crippen LogP contribution >= 0.6 is 0 Å². The summed E-state index contributed by atoms with van der Waals surface area (Å²) in [6, 6.07) is 17.6. The fourth-order valence-corrected chi connectivity index (χ4v) is 3.72. The van der Waals surface area contributed by atoms with E-state index in [1.165, 1.54) is 11.0 Å². The highest BCUT2D eigenvalue weighted by molar-refractivity contribution is 6.04. The number of anilines is 2. The maximum absolute atomic E-state index is 14.9. The predicted octanol–water partition coefficient (Wildman–Crippen LogP) is 4.63. The number of carbonyl (C=O) groups excluding carboxylic acids is 1. The Morgan fingerprint density at radius 2 is 1.87 bits per heavy atom. The Hall–Kier alpha value is -3.32. The van der Waals surface area contributed by atoms with Crippen molar-refractivity contribution in [3.05, 3.63) is 72.2 Å². The van der Waals surface area contributed by atoms with Gasteiger partial charge in [0.2, 0.25) is 0 Å². The predicted molar refractivity (Wildman–Crippen MR) is 119 cm³/mol. The van der Waals surface area contributed by atoms with Crippen molar-refractivity contribution in [2.45, 2.75) is 12.5 Å².